The van der Waals surface area contributed by atoms with Crippen molar-refractivity contribution in [2.75, 3.05) is 30.1 Å². The Morgan fingerprint density at radius 1 is 1.50 bits per heavy atom. The first-order chi connectivity index (χ1) is 6.70. The summed E-state index contributed by atoms with van der Waals surface area (Å²) in [5.41, 5.74) is -0.152. The molecule has 1 unspecified atom stereocenters. The van der Waals surface area contributed by atoms with Crippen LogP contribution in [0.2, 0.25) is 0 Å². The Morgan fingerprint density at radius 2 is 2.14 bits per heavy atom. The molecule has 1 aliphatic rings. The lowest BCUT2D eigenvalue weighted by molar-refractivity contribution is -0.0394. The minimum absolute atomic E-state index is 0.152. The molecule has 0 aromatic rings. The van der Waals surface area contributed by atoms with Crippen LogP contribution < -0.4 is 0 Å². The number of hydrogen-bond donors (Lipinski definition) is 0. The largest absolute Gasteiger partial charge is 0.381 e. The van der Waals surface area contributed by atoms with E-state index in [9.17, 15) is 0 Å². The smallest absolute Gasteiger partial charge is 0.0878 e. The van der Waals surface area contributed by atoms with Crippen LogP contribution in [0.5, 0.6) is 0 Å². The lowest BCUT2D eigenvalue weighted by atomic mass is 10.0. The van der Waals surface area contributed by atoms with Crippen molar-refractivity contribution in [1.82, 2.24) is 0 Å². The third-order valence-electron chi connectivity index (χ3n) is 2.57. The second-order valence-electron chi connectivity index (χ2n) is 4.08. The summed E-state index contributed by atoms with van der Waals surface area (Å²) >= 11 is 8.20. The molecule has 1 atom stereocenters. The molecular formula is C10H18ClIO2. The molecule has 0 bridgehead atoms. The van der Waals surface area contributed by atoms with E-state index in [0.29, 0.717) is 11.8 Å². The fourth-order valence-corrected chi connectivity index (χ4v) is 2.33. The predicted molar refractivity (Wildman–Crippen MR) is 67.5 cm³/mol. The highest BCUT2D eigenvalue weighted by atomic mass is 127. The molecule has 2 nitrogen and oxygen atoms in total. The van der Waals surface area contributed by atoms with Crippen LogP contribution in [0.15, 0.2) is 0 Å². The van der Waals surface area contributed by atoms with E-state index < -0.39 is 0 Å². The molecule has 1 rings (SSSR count). The van der Waals surface area contributed by atoms with Crippen molar-refractivity contribution in [2.24, 2.45) is 5.92 Å². The molecule has 0 aromatic carbocycles. The maximum Gasteiger partial charge on any atom is 0.0878 e. The van der Waals surface area contributed by atoms with Crippen LogP contribution in [0, 0.1) is 5.92 Å². The van der Waals surface area contributed by atoms with Crippen LogP contribution >= 0.6 is 34.2 Å². The topological polar surface area (TPSA) is 18.5 Å². The van der Waals surface area contributed by atoms with Crippen molar-refractivity contribution in [1.29, 1.82) is 0 Å². The van der Waals surface area contributed by atoms with Crippen LogP contribution in [-0.2, 0) is 9.47 Å². The van der Waals surface area contributed by atoms with Crippen molar-refractivity contribution in [3.05, 3.63) is 0 Å². The average Bonchev–Trinajstić information content (AvgIpc) is 2.27. The van der Waals surface area contributed by atoms with Gasteiger partial charge in [0.25, 0.3) is 0 Å². The second kappa shape index (κ2) is 6.51. The van der Waals surface area contributed by atoms with Gasteiger partial charge in [-0.05, 0) is 25.7 Å². The van der Waals surface area contributed by atoms with E-state index in [1.54, 1.807) is 0 Å². The molecular weight excluding hydrogens is 314 g/mol. The van der Waals surface area contributed by atoms with E-state index >= 15 is 0 Å². The van der Waals surface area contributed by atoms with Crippen LogP contribution in [-0.4, -0.2) is 35.7 Å². The number of halogens is 2. The average molecular weight is 333 g/mol. The zero-order valence-corrected chi connectivity index (χ0v) is 11.5. The summed E-state index contributed by atoms with van der Waals surface area (Å²) in [6.07, 6.45) is 2.25. The van der Waals surface area contributed by atoms with E-state index in [0.717, 1.165) is 37.1 Å². The molecule has 1 fully saturated rings. The van der Waals surface area contributed by atoms with Gasteiger partial charge in [0, 0.05) is 17.6 Å². The minimum Gasteiger partial charge on any atom is -0.381 e. The summed E-state index contributed by atoms with van der Waals surface area (Å²) in [6, 6.07) is 0. The first-order valence-electron chi connectivity index (χ1n) is 5.04. The normalized spacial score (nSPS) is 23.4. The Hall–Kier alpha value is 0.940. The summed E-state index contributed by atoms with van der Waals surface area (Å²) in [5.74, 6) is 1.23. The number of hydrogen-bond acceptors (Lipinski definition) is 2. The van der Waals surface area contributed by atoms with E-state index in [4.69, 9.17) is 21.1 Å². The van der Waals surface area contributed by atoms with Gasteiger partial charge in [-0.3, -0.25) is 0 Å². The molecule has 84 valence electrons. The Balaban J connectivity index is 2.23. The molecule has 0 saturated carbocycles. The van der Waals surface area contributed by atoms with Gasteiger partial charge in [-0.15, -0.1) is 11.6 Å². The molecule has 0 amide bonds. The number of alkyl halides is 2. The van der Waals surface area contributed by atoms with Crippen molar-refractivity contribution in [2.45, 2.75) is 25.4 Å². The SMILES string of the molecule is CC(CCl)(CI)OCC1CCOCC1. The van der Waals surface area contributed by atoms with Gasteiger partial charge in [0.15, 0.2) is 0 Å². The molecule has 0 radical (unpaired) electrons. The highest BCUT2D eigenvalue weighted by Gasteiger charge is 2.24. The number of ether oxygens (including phenoxy) is 2. The van der Waals surface area contributed by atoms with Gasteiger partial charge in [0.05, 0.1) is 18.1 Å². The van der Waals surface area contributed by atoms with Gasteiger partial charge in [-0.25, -0.2) is 0 Å². The minimum atomic E-state index is -0.152. The summed E-state index contributed by atoms with van der Waals surface area (Å²) in [7, 11) is 0. The fraction of sp³-hybridized carbons (Fsp3) is 1.00. The standard InChI is InChI=1S/C10H18ClIO2/c1-10(7-11,8-12)14-6-9-2-4-13-5-3-9/h9H,2-8H2,1H3. The van der Waals surface area contributed by atoms with Crippen molar-refractivity contribution in [3.8, 4) is 0 Å². The lowest BCUT2D eigenvalue weighted by Crippen LogP contribution is -2.35. The zero-order chi connectivity index (χ0) is 10.4. The first-order valence-corrected chi connectivity index (χ1v) is 7.10. The lowest BCUT2D eigenvalue weighted by Gasteiger charge is -2.29. The summed E-state index contributed by atoms with van der Waals surface area (Å²) in [6.45, 7) is 4.67. The Bertz CT molecular complexity index is 156. The van der Waals surface area contributed by atoms with E-state index in [-0.39, 0.29) is 5.60 Å². The highest BCUT2D eigenvalue weighted by molar-refractivity contribution is 14.1. The summed E-state index contributed by atoms with van der Waals surface area (Å²) in [4.78, 5) is 0. The first kappa shape index (κ1) is 13.0. The zero-order valence-electron chi connectivity index (χ0n) is 8.60. The molecule has 14 heavy (non-hydrogen) atoms. The second-order valence-corrected chi connectivity index (χ2v) is 5.11. The van der Waals surface area contributed by atoms with Crippen molar-refractivity contribution in [3.63, 3.8) is 0 Å². The monoisotopic (exact) mass is 332 g/mol. The summed E-state index contributed by atoms with van der Waals surface area (Å²) in [5, 5.41) is 0. The van der Waals surface area contributed by atoms with Crippen LogP contribution in [0.25, 0.3) is 0 Å². The molecule has 0 aliphatic carbocycles. The number of rotatable bonds is 5. The Kier molecular flexibility index (Phi) is 6.05. The molecule has 1 heterocycles. The third kappa shape index (κ3) is 4.21. The quantitative estimate of drug-likeness (QED) is 0.569. The predicted octanol–water partition coefficient (Wildman–Crippen LogP) is 2.86. The molecule has 0 N–H and O–H groups in total. The molecule has 0 spiro atoms. The van der Waals surface area contributed by atoms with Gasteiger partial charge >= 0.3 is 0 Å². The molecule has 4 heteroatoms. The van der Waals surface area contributed by atoms with Gasteiger partial charge in [0.1, 0.15) is 0 Å². The summed E-state index contributed by atoms with van der Waals surface area (Å²) < 4.78 is 12.1. The fourth-order valence-electron chi connectivity index (χ4n) is 1.34. The van der Waals surface area contributed by atoms with Crippen LogP contribution in [0.1, 0.15) is 19.8 Å². The van der Waals surface area contributed by atoms with Gasteiger partial charge in [0.2, 0.25) is 0 Å². The Labute approximate surface area is 105 Å². The maximum atomic E-state index is 5.87. The van der Waals surface area contributed by atoms with Crippen molar-refractivity contribution >= 4 is 34.2 Å². The van der Waals surface area contributed by atoms with Gasteiger partial charge in [-0.1, -0.05) is 22.6 Å². The van der Waals surface area contributed by atoms with E-state index in [1.165, 1.54) is 0 Å². The molecule has 1 aliphatic heterocycles. The third-order valence-corrected chi connectivity index (χ3v) is 4.75. The highest BCUT2D eigenvalue weighted by Crippen LogP contribution is 2.21. The van der Waals surface area contributed by atoms with E-state index in [1.807, 2.05) is 0 Å². The van der Waals surface area contributed by atoms with Gasteiger partial charge < -0.3 is 9.47 Å². The maximum absolute atomic E-state index is 5.87. The van der Waals surface area contributed by atoms with Gasteiger partial charge in [-0.2, -0.15) is 0 Å². The van der Waals surface area contributed by atoms with E-state index in [2.05, 4.69) is 29.5 Å². The van der Waals surface area contributed by atoms with Crippen LogP contribution in [0.3, 0.4) is 0 Å². The van der Waals surface area contributed by atoms with Crippen LogP contribution in [0.4, 0.5) is 0 Å². The Morgan fingerprint density at radius 3 is 2.64 bits per heavy atom. The molecule has 1 saturated heterocycles. The molecule has 0 aromatic heterocycles. The van der Waals surface area contributed by atoms with Crippen molar-refractivity contribution < 1.29 is 9.47 Å².